The first-order chi connectivity index (χ1) is 8.44. The average molecular weight is 274 g/mol. The summed E-state index contributed by atoms with van der Waals surface area (Å²) in [7, 11) is -3.38. The first kappa shape index (κ1) is 14.7. The second-order valence-corrected chi connectivity index (χ2v) is 5.83. The van der Waals surface area contributed by atoms with Crippen LogP contribution in [0.5, 0.6) is 0 Å². The molecule has 7 heteroatoms. The minimum Gasteiger partial charge on any atom is -0.467 e. The van der Waals surface area contributed by atoms with Crippen LogP contribution in [-0.4, -0.2) is 26.1 Å². The Labute approximate surface area is 107 Å². The van der Waals surface area contributed by atoms with E-state index < -0.39 is 16.1 Å². The SMILES string of the molecule is CCCS(=O)(=O)N[C@@H](C)C(=O)NCc1ccco1. The van der Waals surface area contributed by atoms with E-state index in [1.165, 1.54) is 13.2 Å². The molecule has 1 aromatic heterocycles. The molecule has 1 atom stereocenters. The van der Waals surface area contributed by atoms with Gasteiger partial charge in [-0.05, 0) is 25.5 Å². The van der Waals surface area contributed by atoms with E-state index in [-0.39, 0.29) is 18.2 Å². The monoisotopic (exact) mass is 274 g/mol. The van der Waals surface area contributed by atoms with Gasteiger partial charge in [-0.3, -0.25) is 4.79 Å². The van der Waals surface area contributed by atoms with Crippen molar-refractivity contribution in [3.63, 3.8) is 0 Å². The van der Waals surface area contributed by atoms with Crippen LogP contribution in [0, 0.1) is 0 Å². The number of hydrogen-bond donors (Lipinski definition) is 2. The molecule has 0 radical (unpaired) electrons. The number of amides is 1. The quantitative estimate of drug-likeness (QED) is 0.762. The average Bonchev–Trinajstić information content (AvgIpc) is 2.77. The molecular weight excluding hydrogens is 256 g/mol. The highest BCUT2D eigenvalue weighted by Gasteiger charge is 2.19. The van der Waals surface area contributed by atoms with Crippen molar-refractivity contribution < 1.29 is 17.6 Å². The number of hydrogen-bond acceptors (Lipinski definition) is 4. The Morgan fingerprint density at radius 3 is 2.78 bits per heavy atom. The molecule has 6 nitrogen and oxygen atoms in total. The highest BCUT2D eigenvalue weighted by Crippen LogP contribution is 1.99. The summed E-state index contributed by atoms with van der Waals surface area (Å²) in [5, 5.41) is 2.59. The number of carbonyl (C=O) groups excluding carboxylic acids is 1. The Kier molecular flexibility index (Phi) is 5.36. The van der Waals surface area contributed by atoms with Gasteiger partial charge in [-0.2, -0.15) is 0 Å². The summed E-state index contributed by atoms with van der Waals surface area (Å²) in [6, 6.07) is 2.65. The Bertz CT molecular complexity index is 467. The summed E-state index contributed by atoms with van der Waals surface area (Å²) in [5.41, 5.74) is 0. The third-order valence-corrected chi connectivity index (χ3v) is 3.90. The van der Waals surface area contributed by atoms with Crippen molar-refractivity contribution in [3.8, 4) is 0 Å². The van der Waals surface area contributed by atoms with Crippen LogP contribution in [0.15, 0.2) is 22.8 Å². The third kappa shape index (κ3) is 4.89. The molecule has 0 unspecified atom stereocenters. The van der Waals surface area contributed by atoms with Gasteiger partial charge in [-0.1, -0.05) is 6.92 Å². The van der Waals surface area contributed by atoms with Crippen molar-refractivity contribution in [1.82, 2.24) is 10.0 Å². The zero-order chi connectivity index (χ0) is 13.6. The smallest absolute Gasteiger partial charge is 0.238 e. The molecule has 0 spiro atoms. The topological polar surface area (TPSA) is 88.4 Å². The van der Waals surface area contributed by atoms with Gasteiger partial charge in [-0.15, -0.1) is 0 Å². The van der Waals surface area contributed by atoms with E-state index in [4.69, 9.17) is 4.42 Å². The van der Waals surface area contributed by atoms with Crippen molar-refractivity contribution in [3.05, 3.63) is 24.2 Å². The highest BCUT2D eigenvalue weighted by atomic mass is 32.2. The van der Waals surface area contributed by atoms with Crippen molar-refractivity contribution in [2.75, 3.05) is 5.75 Å². The molecule has 102 valence electrons. The maximum Gasteiger partial charge on any atom is 0.238 e. The van der Waals surface area contributed by atoms with Crippen LogP contribution in [0.1, 0.15) is 26.0 Å². The highest BCUT2D eigenvalue weighted by molar-refractivity contribution is 7.89. The number of sulfonamides is 1. The molecular formula is C11H18N2O4S. The molecule has 1 heterocycles. The molecule has 1 amide bonds. The maximum atomic E-state index is 11.6. The van der Waals surface area contributed by atoms with Gasteiger partial charge < -0.3 is 9.73 Å². The van der Waals surface area contributed by atoms with Gasteiger partial charge in [0.1, 0.15) is 5.76 Å². The summed E-state index contributed by atoms with van der Waals surface area (Å²) in [5.74, 6) is 0.251. The number of carbonyl (C=O) groups is 1. The Balaban J connectivity index is 2.42. The van der Waals surface area contributed by atoms with Crippen molar-refractivity contribution in [1.29, 1.82) is 0 Å². The number of rotatable bonds is 7. The largest absolute Gasteiger partial charge is 0.467 e. The molecule has 0 saturated carbocycles. The minimum atomic E-state index is -3.38. The minimum absolute atomic E-state index is 0.0167. The van der Waals surface area contributed by atoms with E-state index in [0.717, 1.165) is 0 Å². The summed E-state index contributed by atoms with van der Waals surface area (Å²) >= 11 is 0. The van der Waals surface area contributed by atoms with Gasteiger partial charge in [-0.25, -0.2) is 13.1 Å². The molecule has 1 aromatic rings. The zero-order valence-corrected chi connectivity index (χ0v) is 11.3. The summed E-state index contributed by atoms with van der Waals surface area (Å²) in [6.45, 7) is 3.51. The molecule has 0 aliphatic rings. The van der Waals surface area contributed by atoms with Crippen LogP contribution in [0.25, 0.3) is 0 Å². The Hall–Kier alpha value is -1.34. The summed E-state index contributed by atoms with van der Waals surface area (Å²) in [4.78, 5) is 11.6. The second kappa shape index (κ2) is 6.55. The molecule has 0 aliphatic carbocycles. The Morgan fingerprint density at radius 1 is 1.50 bits per heavy atom. The van der Waals surface area contributed by atoms with E-state index >= 15 is 0 Å². The fourth-order valence-electron chi connectivity index (χ4n) is 1.39. The van der Waals surface area contributed by atoms with E-state index in [2.05, 4.69) is 10.0 Å². The standard InChI is InChI=1S/C11H18N2O4S/c1-3-7-18(15,16)13-9(2)11(14)12-8-10-5-4-6-17-10/h4-6,9,13H,3,7-8H2,1-2H3,(H,12,14)/t9-/m0/s1. The molecule has 1 rings (SSSR count). The Morgan fingerprint density at radius 2 is 2.22 bits per heavy atom. The van der Waals surface area contributed by atoms with E-state index in [1.807, 2.05) is 0 Å². The molecule has 0 saturated heterocycles. The van der Waals surface area contributed by atoms with Crippen molar-refractivity contribution in [2.24, 2.45) is 0 Å². The summed E-state index contributed by atoms with van der Waals surface area (Å²) in [6.07, 6.45) is 2.02. The third-order valence-electron chi connectivity index (χ3n) is 2.24. The molecule has 2 N–H and O–H groups in total. The number of furan rings is 1. The first-order valence-electron chi connectivity index (χ1n) is 5.74. The molecule has 18 heavy (non-hydrogen) atoms. The molecule has 0 aliphatic heterocycles. The fraction of sp³-hybridized carbons (Fsp3) is 0.545. The van der Waals surface area contributed by atoms with Crippen LogP contribution in [-0.2, 0) is 21.4 Å². The van der Waals surface area contributed by atoms with Gasteiger partial charge in [0.05, 0.1) is 24.6 Å². The van der Waals surface area contributed by atoms with E-state index in [0.29, 0.717) is 12.2 Å². The lowest BCUT2D eigenvalue weighted by Crippen LogP contribution is -2.45. The molecule has 0 fully saturated rings. The maximum absolute atomic E-state index is 11.6. The van der Waals surface area contributed by atoms with Crippen LogP contribution < -0.4 is 10.0 Å². The van der Waals surface area contributed by atoms with Gasteiger partial charge in [0.25, 0.3) is 0 Å². The van der Waals surface area contributed by atoms with Crippen LogP contribution in [0.3, 0.4) is 0 Å². The van der Waals surface area contributed by atoms with Crippen molar-refractivity contribution >= 4 is 15.9 Å². The van der Waals surface area contributed by atoms with Crippen LogP contribution in [0.2, 0.25) is 0 Å². The van der Waals surface area contributed by atoms with Crippen LogP contribution in [0.4, 0.5) is 0 Å². The lowest BCUT2D eigenvalue weighted by Gasteiger charge is -2.13. The predicted octanol–water partition coefficient (Wildman–Crippen LogP) is 0.614. The van der Waals surface area contributed by atoms with Crippen molar-refractivity contribution in [2.45, 2.75) is 32.9 Å². The normalized spacial score (nSPS) is 13.2. The fourth-order valence-corrected chi connectivity index (χ4v) is 2.69. The molecule has 0 bridgehead atoms. The van der Waals surface area contributed by atoms with E-state index in [1.54, 1.807) is 19.1 Å². The zero-order valence-electron chi connectivity index (χ0n) is 10.5. The summed E-state index contributed by atoms with van der Waals surface area (Å²) < 4.78 is 30.3. The lowest BCUT2D eigenvalue weighted by atomic mass is 10.3. The van der Waals surface area contributed by atoms with Gasteiger partial charge in [0.15, 0.2) is 0 Å². The van der Waals surface area contributed by atoms with E-state index in [9.17, 15) is 13.2 Å². The lowest BCUT2D eigenvalue weighted by molar-refractivity contribution is -0.122. The van der Waals surface area contributed by atoms with Gasteiger partial charge >= 0.3 is 0 Å². The van der Waals surface area contributed by atoms with Crippen LogP contribution >= 0.6 is 0 Å². The first-order valence-corrected chi connectivity index (χ1v) is 7.40. The van der Waals surface area contributed by atoms with Gasteiger partial charge in [0, 0.05) is 0 Å². The predicted molar refractivity (Wildman–Crippen MR) is 67.2 cm³/mol. The van der Waals surface area contributed by atoms with Gasteiger partial charge in [0.2, 0.25) is 15.9 Å². The second-order valence-electron chi connectivity index (χ2n) is 3.96. The molecule has 0 aromatic carbocycles. The number of nitrogens with one attached hydrogen (secondary N) is 2.